The molecule has 2 rings (SSSR count). The second-order valence-corrected chi connectivity index (χ2v) is 8.13. The average Bonchev–Trinajstić information content (AvgIpc) is 2.61. The lowest BCUT2D eigenvalue weighted by Crippen LogP contribution is -2.49. The third-order valence-electron chi connectivity index (χ3n) is 5.71. The molecule has 20 heavy (non-hydrogen) atoms. The molecular formula is C17H35N3. The van der Waals surface area contributed by atoms with E-state index in [1.54, 1.807) is 0 Å². The van der Waals surface area contributed by atoms with Gasteiger partial charge in [0.25, 0.3) is 0 Å². The third kappa shape index (κ3) is 3.96. The maximum atomic E-state index is 6.08. The Kier molecular flexibility index (Phi) is 5.49. The van der Waals surface area contributed by atoms with Crippen molar-refractivity contribution in [2.75, 3.05) is 39.8 Å². The maximum absolute atomic E-state index is 6.08. The van der Waals surface area contributed by atoms with Gasteiger partial charge in [-0.15, -0.1) is 0 Å². The first-order valence-electron chi connectivity index (χ1n) is 8.54. The molecule has 3 nitrogen and oxygen atoms in total. The first kappa shape index (κ1) is 16.3. The van der Waals surface area contributed by atoms with Gasteiger partial charge in [0.1, 0.15) is 0 Å². The van der Waals surface area contributed by atoms with Crippen LogP contribution in [-0.2, 0) is 0 Å². The van der Waals surface area contributed by atoms with Gasteiger partial charge in [-0.25, -0.2) is 0 Å². The zero-order chi connectivity index (χ0) is 14.8. The van der Waals surface area contributed by atoms with Crippen LogP contribution in [0.3, 0.4) is 0 Å². The molecule has 2 aliphatic rings. The van der Waals surface area contributed by atoms with Gasteiger partial charge < -0.3 is 10.6 Å². The number of nitrogens with two attached hydrogens (primary N) is 1. The highest BCUT2D eigenvalue weighted by molar-refractivity contribution is 4.91. The van der Waals surface area contributed by atoms with Crippen LogP contribution in [0.2, 0.25) is 0 Å². The van der Waals surface area contributed by atoms with Crippen molar-refractivity contribution in [1.82, 2.24) is 9.80 Å². The van der Waals surface area contributed by atoms with Gasteiger partial charge in [-0.1, -0.05) is 20.8 Å². The monoisotopic (exact) mass is 281 g/mol. The summed E-state index contributed by atoms with van der Waals surface area (Å²) >= 11 is 0. The predicted molar refractivity (Wildman–Crippen MR) is 86.8 cm³/mol. The first-order valence-corrected chi connectivity index (χ1v) is 8.54. The van der Waals surface area contributed by atoms with Gasteiger partial charge in [0, 0.05) is 19.1 Å². The van der Waals surface area contributed by atoms with E-state index < -0.39 is 0 Å². The summed E-state index contributed by atoms with van der Waals surface area (Å²) in [5, 5.41) is 0. The molecule has 1 aliphatic carbocycles. The van der Waals surface area contributed by atoms with E-state index in [4.69, 9.17) is 5.73 Å². The molecule has 2 N–H and O–H groups in total. The van der Waals surface area contributed by atoms with Crippen LogP contribution >= 0.6 is 0 Å². The largest absolute Gasteiger partial charge is 0.330 e. The van der Waals surface area contributed by atoms with Crippen molar-refractivity contribution in [3.8, 4) is 0 Å². The van der Waals surface area contributed by atoms with Gasteiger partial charge in [0.2, 0.25) is 0 Å². The second-order valence-electron chi connectivity index (χ2n) is 8.13. The molecule has 3 heteroatoms. The van der Waals surface area contributed by atoms with Crippen LogP contribution in [0, 0.1) is 17.3 Å². The number of likely N-dealkylation sites (N-methyl/N-ethyl adjacent to an activating group) is 1. The predicted octanol–water partition coefficient (Wildman–Crippen LogP) is 2.41. The van der Waals surface area contributed by atoms with E-state index in [0.29, 0.717) is 5.41 Å². The molecule has 1 heterocycles. The van der Waals surface area contributed by atoms with E-state index in [1.165, 1.54) is 51.9 Å². The number of nitrogens with zero attached hydrogens (tertiary/aromatic N) is 2. The van der Waals surface area contributed by atoms with Crippen molar-refractivity contribution < 1.29 is 0 Å². The Morgan fingerprint density at radius 1 is 1.05 bits per heavy atom. The summed E-state index contributed by atoms with van der Waals surface area (Å²) in [6.45, 7) is 13.1. The van der Waals surface area contributed by atoms with Gasteiger partial charge in [-0.2, -0.15) is 0 Å². The van der Waals surface area contributed by atoms with Crippen LogP contribution in [0.1, 0.15) is 46.5 Å². The van der Waals surface area contributed by atoms with E-state index in [2.05, 4.69) is 37.6 Å². The number of hydrogen-bond acceptors (Lipinski definition) is 3. The van der Waals surface area contributed by atoms with Crippen LogP contribution in [-0.4, -0.2) is 55.6 Å². The molecule has 0 aromatic heterocycles. The molecule has 3 atom stereocenters. The smallest absolute Gasteiger partial charge is 0.0139 e. The van der Waals surface area contributed by atoms with Crippen molar-refractivity contribution in [1.29, 1.82) is 0 Å². The minimum Gasteiger partial charge on any atom is -0.330 e. The highest BCUT2D eigenvalue weighted by Crippen LogP contribution is 2.41. The molecule has 0 aromatic rings. The van der Waals surface area contributed by atoms with Gasteiger partial charge in [-0.3, -0.25) is 4.90 Å². The fourth-order valence-electron chi connectivity index (χ4n) is 4.12. The number of rotatable bonds is 2. The third-order valence-corrected chi connectivity index (χ3v) is 5.71. The Labute approximate surface area is 125 Å². The van der Waals surface area contributed by atoms with E-state index in [-0.39, 0.29) is 0 Å². The molecule has 0 bridgehead atoms. The van der Waals surface area contributed by atoms with Gasteiger partial charge >= 0.3 is 0 Å². The van der Waals surface area contributed by atoms with E-state index in [1.807, 2.05) is 0 Å². The highest BCUT2D eigenvalue weighted by Gasteiger charge is 2.38. The molecule has 0 radical (unpaired) electrons. The van der Waals surface area contributed by atoms with Gasteiger partial charge in [0.15, 0.2) is 0 Å². The Bertz CT molecular complexity index is 297. The lowest BCUT2D eigenvalue weighted by molar-refractivity contribution is 0.0474. The molecule has 3 unspecified atom stereocenters. The first-order chi connectivity index (χ1) is 9.41. The molecule has 1 aliphatic heterocycles. The molecule has 0 amide bonds. The average molecular weight is 281 g/mol. The fourth-order valence-corrected chi connectivity index (χ4v) is 4.12. The SMILES string of the molecule is CN1CCCN(C2CC(C(C)(C)C)CCC2CN)CC1. The lowest BCUT2D eigenvalue weighted by atomic mass is 9.67. The fraction of sp³-hybridized carbons (Fsp3) is 1.00. The second kappa shape index (κ2) is 6.76. The Morgan fingerprint density at radius 2 is 1.80 bits per heavy atom. The molecule has 1 saturated heterocycles. The normalized spacial score (nSPS) is 35.0. The van der Waals surface area contributed by atoms with Crippen LogP contribution in [0.4, 0.5) is 0 Å². The minimum absolute atomic E-state index is 0.445. The summed E-state index contributed by atoms with van der Waals surface area (Å²) in [6.07, 6.45) is 5.37. The summed E-state index contributed by atoms with van der Waals surface area (Å²) in [5.74, 6) is 1.58. The zero-order valence-corrected chi connectivity index (χ0v) is 14.1. The minimum atomic E-state index is 0.445. The molecule has 1 saturated carbocycles. The van der Waals surface area contributed by atoms with Crippen LogP contribution in [0.5, 0.6) is 0 Å². The quantitative estimate of drug-likeness (QED) is 0.844. The van der Waals surface area contributed by atoms with Crippen molar-refractivity contribution in [2.45, 2.75) is 52.5 Å². The summed E-state index contributed by atoms with van der Waals surface area (Å²) in [6, 6.07) is 0.726. The van der Waals surface area contributed by atoms with E-state index in [9.17, 15) is 0 Å². The number of hydrogen-bond donors (Lipinski definition) is 1. The Morgan fingerprint density at radius 3 is 2.45 bits per heavy atom. The molecule has 2 fully saturated rings. The summed E-state index contributed by atoms with van der Waals surface area (Å²) < 4.78 is 0. The van der Waals surface area contributed by atoms with Crippen LogP contribution in [0.25, 0.3) is 0 Å². The molecular weight excluding hydrogens is 246 g/mol. The van der Waals surface area contributed by atoms with Crippen LogP contribution < -0.4 is 5.73 Å². The Balaban J connectivity index is 2.04. The Hall–Kier alpha value is -0.120. The molecule has 0 spiro atoms. The van der Waals surface area contributed by atoms with E-state index in [0.717, 1.165) is 24.4 Å². The standard InChI is InChI=1S/C17H35N3/c1-17(2,3)15-7-6-14(13-18)16(12-15)20-9-5-8-19(4)10-11-20/h14-16H,5-13,18H2,1-4H3. The highest BCUT2D eigenvalue weighted by atomic mass is 15.2. The lowest BCUT2D eigenvalue weighted by Gasteiger charge is -2.46. The van der Waals surface area contributed by atoms with Gasteiger partial charge in [-0.05, 0) is 69.6 Å². The summed E-state index contributed by atoms with van der Waals surface area (Å²) in [7, 11) is 2.25. The summed E-state index contributed by atoms with van der Waals surface area (Å²) in [5.41, 5.74) is 6.53. The van der Waals surface area contributed by atoms with Gasteiger partial charge in [0.05, 0.1) is 0 Å². The van der Waals surface area contributed by atoms with Crippen molar-refractivity contribution in [2.24, 2.45) is 23.0 Å². The van der Waals surface area contributed by atoms with Crippen molar-refractivity contribution >= 4 is 0 Å². The topological polar surface area (TPSA) is 32.5 Å². The molecule has 0 aromatic carbocycles. The summed E-state index contributed by atoms with van der Waals surface area (Å²) in [4.78, 5) is 5.24. The maximum Gasteiger partial charge on any atom is 0.0139 e. The van der Waals surface area contributed by atoms with E-state index >= 15 is 0 Å². The van der Waals surface area contributed by atoms with Crippen molar-refractivity contribution in [3.63, 3.8) is 0 Å². The zero-order valence-electron chi connectivity index (χ0n) is 14.1. The van der Waals surface area contributed by atoms with Crippen molar-refractivity contribution in [3.05, 3.63) is 0 Å². The molecule has 118 valence electrons. The van der Waals surface area contributed by atoms with Crippen LogP contribution in [0.15, 0.2) is 0 Å².